The number of hydrogen-bond acceptors (Lipinski definition) is 8. The monoisotopic (exact) mass is 1700 g/mol. The van der Waals surface area contributed by atoms with Crippen LogP contribution in [0.4, 0.5) is 54.8 Å². The topological polar surface area (TPSA) is 166 Å². The summed E-state index contributed by atoms with van der Waals surface area (Å²) in [5, 5.41) is 11.2. The van der Waals surface area contributed by atoms with E-state index in [0.29, 0.717) is 74.1 Å². The molecule has 0 aliphatic carbocycles. The van der Waals surface area contributed by atoms with Crippen molar-refractivity contribution < 1.29 is 49.1 Å². The number of anilines is 5. The number of halogens is 10. The van der Waals surface area contributed by atoms with Crippen LogP contribution in [0.1, 0.15) is 258 Å². The molecule has 632 valence electrons. The predicted octanol–water partition coefficient (Wildman–Crippen LogP) is 27.5. The van der Waals surface area contributed by atoms with Crippen molar-refractivity contribution in [1.82, 2.24) is 9.80 Å². The third kappa shape index (κ3) is 32.8. The van der Waals surface area contributed by atoms with Gasteiger partial charge in [0.2, 0.25) is 10.0 Å². The normalized spacial score (nSPS) is 12.4. The van der Waals surface area contributed by atoms with Crippen LogP contribution in [0.2, 0.25) is 20.1 Å². The number of nitrogens with two attached hydrogens (primary N) is 1. The van der Waals surface area contributed by atoms with E-state index in [9.17, 15) is 49.1 Å². The minimum atomic E-state index is -3.23. The molecule has 0 spiro atoms. The van der Waals surface area contributed by atoms with Crippen molar-refractivity contribution in [3.8, 4) is 0 Å². The predicted molar refractivity (Wildman–Crippen MR) is 478 cm³/mol. The zero-order valence-electron chi connectivity index (χ0n) is 68.9. The molecule has 9 aromatic carbocycles. The highest BCUT2D eigenvalue weighted by molar-refractivity contribution is 7.92. The number of hydrogen-bond donors (Lipinski definition) is 5. The molecule has 116 heavy (non-hydrogen) atoms. The summed E-state index contributed by atoms with van der Waals surface area (Å²) < 4.78 is 107. The second kappa shape index (κ2) is 45.5. The molecule has 0 bridgehead atoms. The standard InChI is InChI=1S/C25H33F2N3O.C19H21F2NO.C18H18ClF2NO.C10H14ClNO2S.C10H13Cl.C9H12ClN.2CH4/c1-17(2)22-15-21(9-6-18(22)3)28-24(31)19-7-8-20(23(14-19)25(4,26)27)16-30-12-10-29(5)11-13-30;1-12(2)17-10-14(9-8-13(17)3)18(23)22-16-7-5-6-15(11-16)19(4,20)21;1-11(2)15-10-14(7-8-16(15)19)22-17(23)12-5-4-6-13(9-12)18(3,20)21;1-7(2)9-6-8(4-5-10(9)11)12-15(3,13)14;1-7(2)9-6-8(3)4-5-10(9)11;1-6(2)8-5-7(11)3-4-9(8)10;;/h6-9,14-15,17H,10-13,16H2,1-5H3,(H,28,31);5-12H,1-4H3,(H,22,23);4-11H,1-3H3,(H,22,23);4-7,12H,1-3H3;4-7H,1-3H3;3-6H,11H2,1-2H3;2*1H4. The van der Waals surface area contributed by atoms with Gasteiger partial charge in [0.05, 0.1) is 6.26 Å². The smallest absolute Gasteiger partial charge is 0.270 e. The molecular formula is C93H119Cl4F6N7O5S. The molecule has 1 aliphatic heterocycles. The largest absolute Gasteiger partial charge is 0.399 e. The van der Waals surface area contributed by atoms with Gasteiger partial charge in [-0.25, -0.2) is 34.8 Å². The van der Waals surface area contributed by atoms with Gasteiger partial charge in [-0.2, -0.15) is 0 Å². The second-order valence-electron chi connectivity index (χ2n) is 30.9. The van der Waals surface area contributed by atoms with Gasteiger partial charge in [0.1, 0.15) is 0 Å². The highest BCUT2D eigenvalue weighted by atomic mass is 35.5. The van der Waals surface area contributed by atoms with Crippen molar-refractivity contribution in [1.29, 1.82) is 0 Å². The van der Waals surface area contributed by atoms with Crippen molar-refractivity contribution >= 4 is 103 Å². The number of benzene rings is 9. The van der Waals surface area contributed by atoms with Crippen molar-refractivity contribution in [3.05, 3.63) is 285 Å². The Hall–Kier alpha value is -8.40. The molecule has 0 saturated carbocycles. The Morgan fingerprint density at radius 1 is 0.422 bits per heavy atom. The number of sulfonamides is 1. The Bertz CT molecular complexity index is 4790. The van der Waals surface area contributed by atoms with E-state index < -0.39 is 33.7 Å². The summed E-state index contributed by atoms with van der Waals surface area (Å²) in [4.78, 5) is 41.9. The third-order valence-electron chi connectivity index (χ3n) is 18.6. The third-order valence-corrected chi connectivity index (χ3v) is 20.6. The number of likely N-dealkylation sites (N-methyl/N-ethyl adjacent to an activating group) is 1. The number of carbonyl (C=O) groups excluding carboxylic acids is 3. The molecule has 1 heterocycles. The molecule has 10 rings (SSSR count). The molecule has 0 unspecified atom stereocenters. The molecule has 3 amide bonds. The van der Waals surface area contributed by atoms with Gasteiger partial charge < -0.3 is 26.6 Å². The summed E-state index contributed by atoms with van der Waals surface area (Å²) in [5.41, 5.74) is 19.7. The van der Waals surface area contributed by atoms with Crippen molar-refractivity contribution in [2.24, 2.45) is 0 Å². The van der Waals surface area contributed by atoms with Crippen LogP contribution in [0, 0.1) is 20.8 Å². The van der Waals surface area contributed by atoms with Crippen LogP contribution in [0.15, 0.2) is 176 Å². The maximum atomic E-state index is 14.4. The molecule has 1 fully saturated rings. The van der Waals surface area contributed by atoms with Gasteiger partial charge >= 0.3 is 0 Å². The second-order valence-corrected chi connectivity index (χ2v) is 34.2. The van der Waals surface area contributed by atoms with Gasteiger partial charge in [-0.05, 0) is 235 Å². The minimum absolute atomic E-state index is 0. The van der Waals surface area contributed by atoms with Crippen LogP contribution in [0.3, 0.4) is 0 Å². The lowest BCUT2D eigenvalue weighted by Gasteiger charge is -2.33. The van der Waals surface area contributed by atoms with E-state index >= 15 is 0 Å². The summed E-state index contributed by atoms with van der Waals surface area (Å²) in [5.74, 6) is -8.00. The van der Waals surface area contributed by atoms with Gasteiger partial charge in [0, 0.05) is 135 Å². The molecule has 0 aromatic heterocycles. The number of aryl methyl sites for hydroxylation is 3. The number of rotatable bonds is 19. The van der Waals surface area contributed by atoms with E-state index in [4.69, 9.17) is 52.1 Å². The maximum Gasteiger partial charge on any atom is 0.270 e. The van der Waals surface area contributed by atoms with E-state index in [0.717, 1.165) is 108 Å². The van der Waals surface area contributed by atoms with Crippen LogP contribution < -0.4 is 26.4 Å². The summed E-state index contributed by atoms with van der Waals surface area (Å²) in [6.07, 6.45) is 1.12. The molecule has 1 saturated heterocycles. The fraction of sp³-hybridized carbons (Fsp3) is 0.387. The average Bonchev–Trinajstić information content (AvgIpc) is 0.803. The van der Waals surface area contributed by atoms with E-state index in [1.54, 1.807) is 60.7 Å². The Kier molecular flexibility index (Phi) is 39.9. The van der Waals surface area contributed by atoms with Gasteiger partial charge in [0.25, 0.3) is 35.5 Å². The first kappa shape index (κ1) is 102. The van der Waals surface area contributed by atoms with E-state index in [-0.39, 0.29) is 66.3 Å². The molecule has 9 aromatic rings. The molecule has 0 atom stereocenters. The molecule has 1 aliphatic rings. The maximum absolute atomic E-state index is 14.4. The van der Waals surface area contributed by atoms with Crippen molar-refractivity contribution in [2.45, 2.75) is 199 Å². The van der Waals surface area contributed by atoms with Crippen LogP contribution >= 0.6 is 46.4 Å². The Morgan fingerprint density at radius 2 is 0.784 bits per heavy atom. The van der Waals surface area contributed by atoms with Gasteiger partial charge in [-0.1, -0.05) is 205 Å². The first-order valence-corrected chi connectivity index (χ1v) is 41.2. The van der Waals surface area contributed by atoms with Gasteiger partial charge in [-0.3, -0.25) is 24.0 Å². The zero-order valence-corrected chi connectivity index (χ0v) is 72.8. The molecule has 12 nitrogen and oxygen atoms in total. The van der Waals surface area contributed by atoms with Crippen molar-refractivity contribution in [3.63, 3.8) is 0 Å². The van der Waals surface area contributed by atoms with Crippen LogP contribution in [-0.2, 0) is 34.3 Å². The number of carbonyl (C=O) groups is 3. The Morgan fingerprint density at radius 3 is 1.23 bits per heavy atom. The molecular weight excluding hydrogens is 1580 g/mol. The number of amides is 3. The number of nitrogens with zero attached hydrogens (tertiary/aromatic N) is 2. The highest BCUT2D eigenvalue weighted by Gasteiger charge is 2.31. The number of nitrogen functional groups attached to an aromatic ring is 1. The lowest BCUT2D eigenvalue weighted by atomic mass is 9.95. The van der Waals surface area contributed by atoms with Crippen LogP contribution in [0.5, 0.6) is 0 Å². The number of piperazine rings is 1. The van der Waals surface area contributed by atoms with E-state index in [2.05, 4.69) is 106 Å². The molecule has 6 N–H and O–H groups in total. The first-order chi connectivity index (χ1) is 52.9. The lowest BCUT2D eigenvalue weighted by molar-refractivity contribution is 0.0151. The van der Waals surface area contributed by atoms with E-state index in [1.807, 2.05) is 102 Å². The first-order valence-electron chi connectivity index (χ1n) is 37.8. The summed E-state index contributed by atoms with van der Waals surface area (Å²) in [7, 11) is -1.16. The SMILES string of the molecule is C.C.CC(C)c1cc(N)ccc1Cl.CC(C)c1cc(NC(=O)c2cccc(C(C)(F)F)c2)ccc1Cl.CC(C)c1cc(NS(C)(=O)=O)ccc1Cl.Cc1ccc(C(=O)Nc2cccc(C(C)(F)F)c2)cc1C(C)C.Cc1ccc(Cl)c(C(C)C)c1.Cc1ccc(NC(=O)c2ccc(CN3CCN(C)CC3)c(C(C)(F)F)c2)cc1C(C)C. The van der Waals surface area contributed by atoms with Crippen LogP contribution in [-0.4, -0.2) is 75.4 Å². The summed E-state index contributed by atoms with van der Waals surface area (Å²) >= 11 is 24.0. The van der Waals surface area contributed by atoms with Gasteiger partial charge in [-0.15, -0.1) is 0 Å². The summed E-state index contributed by atoms with van der Waals surface area (Å²) in [6.45, 7) is 37.5. The Labute approximate surface area is 707 Å². The minimum Gasteiger partial charge on any atom is -0.399 e. The summed E-state index contributed by atoms with van der Waals surface area (Å²) in [6, 6.07) is 49.2. The molecule has 0 radical (unpaired) electrons. The van der Waals surface area contributed by atoms with E-state index in [1.165, 1.54) is 59.7 Å². The fourth-order valence-corrected chi connectivity index (χ4v) is 14.0. The average molecular weight is 1700 g/mol. The van der Waals surface area contributed by atoms with Gasteiger partial charge in [0.15, 0.2) is 0 Å². The highest BCUT2D eigenvalue weighted by Crippen LogP contribution is 2.36. The number of nitrogens with one attached hydrogen (secondary N) is 4. The quantitative estimate of drug-likeness (QED) is 0.0394. The zero-order chi connectivity index (χ0) is 85.7. The number of alkyl halides is 6. The lowest BCUT2D eigenvalue weighted by Crippen LogP contribution is -2.44. The fourth-order valence-electron chi connectivity index (χ4n) is 12.1. The van der Waals surface area contributed by atoms with Crippen LogP contribution in [0.25, 0.3) is 0 Å². The van der Waals surface area contributed by atoms with Crippen molar-refractivity contribution in [2.75, 3.05) is 65.9 Å². The molecule has 23 heteroatoms. The Balaban J connectivity index is 0.000000372.